The van der Waals surface area contributed by atoms with E-state index >= 15 is 0 Å². The van der Waals surface area contributed by atoms with Gasteiger partial charge in [0.15, 0.2) is 0 Å². The van der Waals surface area contributed by atoms with E-state index in [1.165, 1.54) is 5.56 Å². The molecule has 0 heterocycles. The highest BCUT2D eigenvalue weighted by Crippen LogP contribution is 2.14. The average Bonchev–Trinajstić information content (AvgIpc) is 2.44. The summed E-state index contributed by atoms with van der Waals surface area (Å²) in [6.45, 7) is 12.3. The first-order valence-electron chi connectivity index (χ1n) is 6.79. The molecule has 0 saturated heterocycles. The Hall–Kier alpha value is -1.83. The lowest BCUT2D eigenvalue weighted by Gasteiger charge is -2.08. The van der Waals surface area contributed by atoms with Crippen molar-refractivity contribution < 1.29 is 4.74 Å². The maximum atomic E-state index is 5.75. The highest BCUT2D eigenvalue weighted by atomic mass is 16.5. The summed E-state index contributed by atoms with van der Waals surface area (Å²) in [5, 5.41) is 0. The Labute approximate surface area is 116 Å². The van der Waals surface area contributed by atoms with E-state index in [1.54, 1.807) is 6.08 Å². The van der Waals surface area contributed by atoms with E-state index in [2.05, 4.69) is 37.2 Å². The number of rotatable bonds is 8. The fourth-order valence-corrected chi connectivity index (χ4v) is 1.66. The van der Waals surface area contributed by atoms with Crippen LogP contribution >= 0.6 is 0 Å². The first kappa shape index (κ1) is 15.2. The molecule has 0 aliphatic carbocycles. The second kappa shape index (κ2) is 8.30. The predicted octanol–water partition coefficient (Wildman–Crippen LogP) is 4.57. The molecule has 0 bridgehead atoms. The number of allylic oxidation sites excluding steroid dienone is 1. The largest absolute Gasteiger partial charge is 0.487 e. The van der Waals surface area contributed by atoms with Crippen molar-refractivity contribution in [2.75, 3.05) is 6.61 Å². The van der Waals surface area contributed by atoms with Crippen molar-refractivity contribution in [1.82, 2.24) is 0 Å². The molecule has 0 unspecified atom stereocenters. The number of aryl methyl sites for hydroxylation is 1. The molecule has 0 atom stereocenters. The summed E-state index contributed by atoms with van der Waals surface area (Å²) in [5.74, 6) is 0.877. The number of ether oxygens (including phenoxy) is 1. The highest BCUT2D eigenvalue weighted by molar-refractivity contribution is 5.96. The van der Waals surface area contributed by atoms with Gasteiger partial charge >= 0.3 is 0 Å². The monoisotopic (exact) mass is 257 g/mol. The second-order valence-corrected chi connectivity index (χ2v) is 4.41. The molecule has 1 aromatic rings. The van der Waals surface area contributed by atoms with Crippen LogP contribution in [0.5, 0.6) is 5.75 Å². The summed E-state index contributed by atoms with van der Waals surface area (Å²) in [7, 11) is 0. The summed E-state index contributed by atoms with van der Waals surface area (Å²) in [6, 6.07) is 8.20. The van der Waals surface area contributed by atoms with Crippen molar-refractivity contribution in [3.05, 3.63) is 54.8 Å². The molecule has 0 amide bonds. The van der Waals surface area contributed by atoms with E-state index < -0.39 is 0 Å². The zero-order valence-electron chi connectivity index (χ0n) is 12.0. The van der Waals surface area contributed by atoms with Gasteiger partial charge in [-0.2, -0.15) is 0 Å². The molecule has 102 valence electrons. The van der Waals surface area contributed by atoms with Gasteiger partial charge in [-0.05, 0) is 36.6 Å². The van der Waals surface area contributed by atoms with E-state index in [0.29, 0.717) is 6.61 Å². The van der Waals surface area contributed by atoms with Gasteiger partial charge in [-0.15, -0.1) is 0 Å². The summed E-state index contributed by atoms with van der Waals surface area (Å²) in [4.78, 5) is 4.37. The molecule has 0 aliphatic heterocycles. The van der Waals surface area contributed by atoms with Crippen LogP contribution in [0.2, 0.25) is 0 Å². The molecule has 0 fully saturated rings. The first-order chi connectivity index (χ1) is 9.19. The molecule has 1 aromatic carbocycles. The lowest BCUT2D eigenvalue weighted by atomic mass is 10.1. The first-order valence-corrected chi connectivity index (χ1v) is 6.79. The van der Waals surface area contributed by atoms with E-state index in [4.69, 9.17) is 4.74 Å². The Morgan fingerprint density at radius 2 is 2.16 bits per heavy atom. The summed E-state index contributed by atoms with van der Waals surface area (Å²) in [6.07, 6.45) is 4.77. The smallest absolute Gasteiger partial charge is 0.130 e. The van der Waals surface area contributed by atoms with Crippen molar-refractivity contribution >= 4 is 5.71 Å². The zero-order valence-corrected chi connectivity index (χ0v) is 12.0. The number of hydrogen-bond donors (Lipinski definition) is 0. The van der Waals surface area contributed by atoms with Crippen LogP contribution in [0.25, 0.3) is 0 Å². The molecule has 0 spiro atoms. The minimum Gasteiger partial charge on any atom is -0.487 e. The number of hydrogen-bond acceptors (Lipinski definition) is 2. The lowest BCUT2D eigenvalue weighted by Crippen LogP contribution is -2.09. The highest BCUT2D eigenvalue weighted by Gasteiger charge is 2.00. The number of nitrogens with zero attached hydrogens (tertiary/aromatic N) is 1. The Morgan fingerprint density at radius 3 is 2.79 bits per heavy atom. The third-order valence-corrected chi connectivity index (χ3v) is 2.77. The summed E-state index contributed by atoms with van der Waals surface area (Å²) >= 11 is 0. The standard InChI is InChI=1S/C17H23NO/c1-5-9-15-10-8-11-17(12-15)19-13-16(7-3)18-14(4)6-2/h7-8,10-12H,3-6,9,13H2,1-2H3. The van der Waals surface area contributed by atoms with Crippen molar-refractivity contribution in [1.29, 1.82) is 0 Å². The fraction of sp³-hybridized carbons (Fsp3) is 0.353. The Balaban J connectivity index is 2.64. The molecule has 0 radical (unpaired) electrons. The predicted molar refractivity (Wildman–Crippen MR) is 83.0 cm³/mol. The van der Waals surface area contributed by atoms with Gasteiger partial charge < -0.3 is 4.74 Å². The number of benzene rings is 1. The maximum absolute atomic E-state index is 5.75. The third kappa shape index (κ3) is 5.56. The SMILES string of the molecule is C=CC(COc1cccc(CCC)c1)=NC(=C)CC. The summed E-state index contributed by atoms with van der Waals surface area (Å²) < 4.78 is 5.75. The molecular weight excluding hydrogens is 234 g/mol. The topological polar surface area (TPSA) is 21.6 Å². The molecular formula is C17H23NO. The van der Waals surface area contributed by atoms with Crippen molar-refractivity contribution in [3.8, 4) is 5.75 Å². The van der Waals surface area contributed by atoms with E-state index in [1.807, 2.05) is 19.1 Å². The molecule has 0 aliphatic rings. The van der Waals surface area contributed by atoms with E-state index in [9.17, 15) is 0 Å². The van der Waals surface area contributed by atoms with Crippen molar-refractivity contribution in [2.24, 2.45) is 4.99 Å². The third-order valence-electron chi connectivity index (χ3n) is 2.77. The molecule has 0 saturated carbocycles. The molecule has 2 heteroatoms. The van der Waals surface area contributed by atoms with Gasteiger partial charge in [0.05, 0.1) is 5.71 Å². The zero-order chi connectivity index (χ0) is 14.1. The molecule has 2 nitrogen and oxygen atoms in total. The lowest BCUT2D eigenvalue weighted by molar-refractivity contribution is 0.377. The number of aliphatic imine (C=N–C) groups is 1. The van der Waals surface area contributed by atoms with Gasteiger partial charge in [-0.3, -0.25) is 4.99 Å². The fourth-order valence-electron chi connectivity index (χ4n) is 1.66. The van der Waals surface area contributed by atoms with Gasteiger partial charge in [0.25, 0.3) is 0 Å². The Morgan fingerprint density at radius 1 is 1.37 bits per heavy atom. The molecule has 19 heavy (non-hydrogen) atoms. The van der Waals surface area contributed by atoms with Gasteiger partial charge in [-0.25, -0.2) is 0 Å². The van der Waals surface area contributed by atoms with Gasteiger partial charge in [0.2, 0.25) is 0 Å². The van der Waals surface area contributed by atoms with E-state index in [0.717, 1.165) is 36.4 Å². The molecule has 0 N–H and O–H groups in total. The molecule has 1 rings (SSSR count). The normalized spacial score (nSPS) is 11.2. The van der Waals surface area contributed by atoms with Crippen molar-refractivity contribution in [2.45, 2.75) is 33.1 Å². The van der Waals surface area contributed by atoms with Crippen LogP contribution in [0.4, 0.5) is 0 Å². The van der Waals surface area contributed by atoms with Crippen LogP contribution in [-0.4, -0.2) is 12.3 Å². The average molecular weight is 257 g/mol. The minimum absolute atomic E-state index is 0.429. The summed E-state index contributed by atoms with van der Waals surface area (Å²) in [5.41, 5.74) is 2.96. The van der Waals surface area contributed by atoms with Crippen LogP contribution in [-0.2, 0) is 6.42 Å². The quantitative estimate of drug-likeness (QED) is 0.625. The Kier molecular flexibility index (Phi) is 6.65. The molecule has 0 aromatic heterocycles. The van der Waals surface area contributed by atoms with Gasteiger partial charge in [-0.1, -0.05) is 45.6 Å². The Bertz CT molecular complexity index is 460. The van der Waals surface area contributed by atoms with Crippen LogP contribution < -0.4 is 4.74 Å². The van der Waals surface area contributed by atoms with Crippen LogP contribution in [0, 0.1) is 0 Å². The van der Waals surface area contributed by atoms with E-state index in [-0.39, 0.29) is 0 Å². The van der Waals surface area contributed by atoms with Crippen LogP contribution in [0.15, 0.2) is 54.2 Å². The van der Waals surface area contributed by atoms with Gasteiger partial charge in [0.1, 0.15) is 12.4 Å². The maximum Gasteiger partial charge on any atom is 0.130 e. The van der Waals surface area contributed by atoms with Crippen LogP contribution in [0.1, 0.15) is 32.3 Å². The van der Waals surface area contributed by atoms with Crippen LogP contribution in [0.3, 0.4) is 0 Å². The second-order valence-electron chi connectivity index (χ2n) is 4.41. The minimum atomic E-state index is 0.429. The van der Waals surface area contributed by atoms with Crippen molar-refractivity contribution in [3.63, 3.8) is 0 Å². The van der Waals surface area contributed by atoms with Gasteiger partial charge in [0, 0.05) is 5.70 Å².